The van der Waals surface area contributed by atoms with Crippen molar-refractivity contribution in [1.29, 1.82) is 0 Å². The van der Waals surface area contributed by atoms with Crippen molar-refractivity contribution in [2.75, 3.05) is 5.75 Å². The first kappa shape index (κ1) is 33.0. The fourth-order valence-electron chi connectivity index (χ4n) is 5.29. The topological polar surface area (TPSA) is 142 Å². The van der Waals surface area contributed by atoms with Crippen LogP contribution in [-0.4, -0.2) is 57.5 Å². The first-order chi connectivity index (χ1) is 22.8. The van der Waals surface area contributed by atoms with Gasteiger partial charge < -0.3 is 25.4 Å². The van der Waals surface area contributed by atoms with Gasteiger partial charge in [-0.2, -0.15) is 0 Å². The predicted molar refractivity (Wildman–Crippen MR) is 176 cm³/mol. The number of hydrogen-bond acceptors (Lipinski definition) is 7. The third kappa shape index (κ3) is 8.44. The Morgan fingerprint density at radius 2 is 1.32 bits per heavy atom. The van der Waals surface area contributed by atoms with Gasteiger partial charge >= 0.3 is 12.1 Å². The number of carboxylic acid groups (broad SMARTS) is 1. The number of ether oxygens (including phenoxy) is 1. The smallest absolute Gasteiger partial charge is 0.408 e. The van der Waals surface area contributed by atoms with E-state index in [1.807, 2.05) is 60.7 Å². The normalized spacial score (nSPS) is 16.8. The van der Waals surface area contributed by atoms with E-state index in [-0.39, 0.29) is 18.8 Å². The Balaban J connectivity index is 1.44. The lowest BCUT2D eigenvalue weighted by Crippen LogP contribution is -2.55. The SMILES string of the molecule is O=C(N[C@H](C(=O)N1C(c2ccccc2)SC[C@H]1C(=O)N[C@@H](Cc1ccccc1)C(=O)C(=O)O)c1ccccc1)OCc1ccccc1. The highest BCUT2D eigenvalue weighted by atomic mass is 32.2. The molecule has 0 aliphatic carbocycles. The number of carbonyl (C=O) groups is 5. The van der Waals surface area contributed by atoms with Crippen LogP contribution in [-0.2, 0) is 36.9 Å². The number of Topliss-reactive ketones (excluding diaryl/α,β-unsaturated/α-hetero) is 1. The number of carboxylic acids is 1. The second-order valence-corrected chi connectivity index (χ2v) is 11.9. The van der Waals surface area contributed by atoms with Gasteiger partial charge in [-0.15, -0.1) is 11.8 Å². The van der Waals surface area contributed by atoms with Crippen LogP contribution in [0.1, 0.15) is 33.7 Å². The molecule has 4 aromatic rings. The van der Waals surface area contributed by atoms with Crippen molar-refractivity contribution in [1.82, 2.24) is 15.5 Å². The number of aliphatic carboxylic acids is 1. The summed E-state index contributed by atoms with van der Waals surface area (Å²) >= 11 is 1.35. The van der Waals surface area contributed by atoms with E-state index in [4.69, 9.17) is 4.74 Å². The molecule has 0 saturated carbocycles. The Hall–Kier alpha value is -5.42. The summed E-state index contributed by atoms with van der Waals surface area (Å²) in [6.45, 7) is -0.0139. The lowest BCUT2D eigenvalue weighted by Gasteiger charge is -2.33. The molecule has 1 fully saturated rings. The number of amides is 3. The van der Waals surface area contributed by atoms with Crippen molar-refractivity contribution in [2.45, 2.75) is 36.5 Å². The Kier molecular flexibility index (Phi) is 11.0. The lowest BCUT2D eigenvalue weighted by molar-refractivity contribution is -0.151. The molecule has 0 radical (unpaired) electrons. The lowest BCUT2D eigenvalue weighted by atomic mass is 10.0. The predicted octanol–water partition coefficient (Wildman–Crippen LogP) is 4.68. The average molecular weight is 652 g/mol. The van der Waals surface area contributed by atoms with Gasteiger partial charge in [0.15, 0.2) is 0 Å². The van der Waals surface area contributed by atoms with Crippen molar-refractivity contribution >= 4 is 41.4 Å². The molecule has 240 valence electrons. The molecule has 3 amide bonds. The molecule has 1 aliphatic rings. The van der Waals surface area contributed by atoms with Gasteiger partial charge in [-0.25, -0.2) is 9.59 Å². The Morgan fingerprint density at radius 3 is 1.91 bits per heavy atom. The van der Waals surface area contributed by atoms with Crippen molar-refractivity contribution in [2.24, 2.45) is 0 Å². The zero-order valence-corrected chi connectivity index (χ0v) is 26.0. The average Bonchev–Trinajstić information content (AvgIpc) is 3.56. The number of nitrogens with zero attached hydrogens (tertiary/aromatic N) is 1. The van der Waals surface area contributed by atoms with Crippen LogP contribution < -0.4 is 10.6 Å². The molecule has 1 aliphatic heterocycles. The number of nitrogens with one attached hydrogen (secondary N) is 2. The van der Waals surface area contributed by atoms with E-state index in [2.05, 4.69) is 10.6 Å². The summed E-state index contributed by atoms with van der Waals surface area (Å²) in [4.78, 5) is 67.4. The van der Waals surface area contributed by atoms with Crippen LogP contribution in [0.5, 0.6) is 0 Å². The van der Waals surface area contributed by atoms with Gasteiger partial charge in [-0.3, -0.25) is 14.4 Å². The van der Waals surface area contributed by atoms with Crippen LogP contribution >= 0.6 is 11.8 Å². The minimum Gasteiger partial charge on any atom is -0.475 e. The molecule has 10 nitrogen and oxygen atoms in total. The number of hydrogen-bond donors (Lipinski definition) is 3. The van der Waals surface area contributed by atoms with Crippen molar-refractivity contribution in [3.63, 3.8) is 0 Å². The summed E-state index contributed by atoms with van der Waals surface area (Å²) in [5.41, 5.74) is 2.65. The second-order valence-electron chi connectivity index (χ2n) is 10.8. The van der Waals surface area contributed by atoms with Crippen LogP contribution in [0.25, 0.3) is 0 Å². The van der Waals surface area contributed by atoms with E-state index < -0.39 is 53.2 Å². The van der Waals surface area contributed by atoms with Crippen LogP contribution in [0.3, 0.4) is 0 Å². The highest BCUT2D eigenvalue weighted by Gasteiger charge is 2.46. The maximum atomic E-state index is 14.6. The number of carbonyl (C=O) groups excluding carboxylic acids is 4. The Morgan fingerprint density at radius 1 is 0.766 bits per heavy atom. The molecule has 0 bridgehead atoms. The van der Waals surface area contributed by atoms with Crippen LogP contribution in [0.15, 0.2) is 121 Å². The van der Waals surface area contributed by atoms with Gasteiger partial charge in [0.1, 0.15) is 30.1 Å². The second kappa shape index (κ2) is 15.7. The van der Waals surface area contributed by atoms with E-state index >= 15 is 0 Å². The van der Waals surface area contributed by atoms with Crippen LogP contribution in [0.2, 0.25) is 0 Å². The molecule has 4 atom stereocenters. The van der Waals surface area contributed by atoms with Crippen molar-refractivity contribution in [3.05, 3.63) is 144 Å². The molecule has 0 aromatic heterocycles. The molecule has 5 rings (SSSR count). The molecule has 0 spiro atoms. The molecule has 1 unspecified atom stereocenters. The Bertz CT molecular complexity index is 1690. The third-order valence-corrected chi connectivity index (χ3v) is 8.95. The van der Waals surface area contributed by atoms with Crippen LogP contribution in [0, 0.1) is 0 Å². The standard InChI is InChI=1S/C36H33N3O7S/c40-31(35(43)44)28(21-24-13-5-1-6-14-24)37-32(41)29-23-47-34(27-19-11-4-12-20-27)39(29)33(42)30(26-17-9-3-10-18-26)38-36(45)46-22-25-15-7-2-8-16-25/h1-20,28-30,34H,21-23H2,(H,37,41)(H,38,45)(H,43,44)/t28-,29-,30-,34?/m0/s1. The summed E-state index contributed by atoms with van der Waals surface area (Å²) in [6.07, 6.45) is -0.870. The molecule has 1 saturated heterocycles. The number of ketones is 1. The summed E-state index contributed by atoms with van der Waals surface area (Å²) in [7, 11) is 0. The number of alkyl carbamates (subject to hydrolysis) is 1. The highest BCUT2D eigenvalue weighted by Crippen LogP contribution is 2.43. The molecule has 47 heavy (non-hydrogen) atoms. The number of rotatable bonds is 12. The van der Waals surface area contributed by atoms with E-state index in [1.54, 1.807) is 60.7 Å². The van der Waals surface area contributed by atoms with Gasteiger partial charge in [0.2, 0.25) is 5.91 Å². The molecular weight excluding hydrogens is 618 g/mol. The van der Waals surface area contributed by atoms with Gasteiger partial charge in [0.25, 0.3) is 11.7 Å². The molecule has 11 heteroatoms. The first-order valence-corrected chi connectivity index (χ1v) is 16.0. The maximum Gasteiger partial charge on any atom is 0.408 e. The minimum absolute atomic E-state index is 0.0139. The zero-order valence-electron chi connectivity index (χ0n) is 25.2. The first-order valence-electron chi connectivity index (χ1n) is 14.9. The van der Waals surface area contributed by atoms with E-state index in [0.29, 0.717) is 11.1 Å². The number of thioether (sulfide) groups is 1. The van der Waals surface area contributed by atoms with Crippen LogP contribution in [0.4, 0.5) is 4.79 Å². The minimum atomic E-state index is -1.68. The van der Waals surface area contributed by atoms with E-state index in [9.17, 15) is 29.1 Å². The Labute approximate surface area is 276 Å². The van der Waals surface area contributed by atoms with Gasteiger partial charge in [0, 0.05) is 12.2 Å². The summed E-state index contributed by atoms with van der Waals surface area (Å²) in [5, 5.41) is 14.2. The van der Waals surface area contributed by atoms with Gasteiger partial charge in [-0.1, -0.05) is 121 Å². The highest BCUT2D eigenvalue weighted by molar-refractivity contribution is 7.99. The molecular formula is C36H33N3O7S. The van der Waals surface area contributed by atoms with Gasteiger partial charge in [-0.05, 0) is 22.3 Å². The molecule has 1 heterocycles. The van der Waals surface area contributed by atoms with E-state index in [0.717, 1.165) is 11.1 Å². The zero-order chi connectivity index (χ0) is 33.2. The largest absolute Gasteiger partial charge is 0.475 e. The number of benzene rings is 4. The fraction of sp³-hybridized carbons (Fsp3) is 0.194. The van der Waals surface area contributed by atoms with Gasteiger partial charge in [0.05, 0.1) is 0 Å². The summed E-state index contributed by atoms with van der Waals surface area (Å²) in [5.74, 6) is -3.94. The molecule has 3 N–H and O–H groups in total. The van der Waals surface area contributed by atoms with Crippen molar-refractivity contribution in [3.8, 4) is 0 Å². The quantitative estimate of drug-likeness (QED) is 0.188. The van der Waals surface area contributed by atoms with Crippen molar-refractivity contribution < 1.29 is 33.8 Å². The van der Waals surface area contributed by atoms with E-state index in [1.165, 1.54) is 16.7 Å². The third-order valence-electron chi connectivity index (χ3n) is 7.62. The monoisotopic (exact) mass is 651 g/mol. The fourth-order valence-corrected chi connectivity index (χ4v) is 6.73. The maximum absolute atomic E-state index is 14.6. The summed E-state index contributed by atoms with van der Waals surface area (Å²) < 4.78 is 5.44. The molecule has 4 aromatic carbocycles. The summed E-state index contributed by atoms with van der Waals surface area (Å²) in [6, 6.07) is 31.9.